The van der Waals surface area contributed by atoms with Crippen LogP contribution in [0.1, 0.15) is 31.7 Å². The first-order valence-electron chi connectivity index (χ1n) is 6.12. The second-order valence-corrected chi connectivity index (χ2v) is 4.80. The van der Waals surface area contributed by atoms with Crippen LogP contribution in [0, 0.1) is 5.92 Å². The van der Waals surface area contributed by atoms with E-state index in [0.29, 0.717) is 0 Å². The molecule has 1 aromatic rings. The highest BCUT2D eigenvalue weighted by atomic mass is 14.9. The molecule has 1 fully saturated rings. The molecule has 0 bridgehead atoms. The second kappa shape index (κ2) is 5.32. The van der Waals surface area contributed by atoms with E-state index in [1.165, 1.54) is 24.8 Å². The number of benzene rings is 1. The Labute approximate surface area is 92.9 Å². The highest BCUT2D eigenvalue weighted by molar-refractivity contribution is 5.14. The lowest BCUT2D eigenvalue weighted by atomic mass is 10.1. The van der Waals surface area contributed by atoms with E-state index in [-0.39, 0.29) is 0 Å². The average molecular weight is 203 g/mol. The minimum absolute atomic E-state index is 0.781. The Morgan fingerprint density at radius 1 is 1.20 bits per heavy atom. The molecule has 0 saturated heterocycles. The Bertz CT molecular complexity index is 281. The van der Waals surface area contributed by atoms with Gasteiger partial charge in [0.25, 0.3) is 0 Å². The molecule has 2 atom stereocenters. The molecular formula is C14H21N. The molecule has 0 heterocycles. The van der Waals surface area contributed by atoms with Gasteiger partial charge in [0.2, 0.25) is 0 Å². The van der Waals surface area contributed by atoms with Crippen LogP contribution < -0.4 is 5.32 Å². The van der Waals surface area contributed by atoms with Crippen molar-refractivity contribution in [2.24, 2.45) is 5.92 Å². The SMILES string of the molecule is CC1CCC(NCCc2ccccc2)C1. The lowest BCUT2D eigenvalue weighted by molar-refractivity contribution is 0.506. The van der Waals surface area contributed by atoms with Gasteiger partial charge in [0.15, 0.2) is 0 Å². The zero-order valence-electron chi connectivity index (χ0n) is 9.58. The number of hydrogen-bond acceptors (Lipinski definition) is 1. The van der Waals surface area contributed by atoms with Crippen LogP contribution in [0.2, 0.25) is 0 Å². The van der Waals surface area contributed by atoms with Crippen LogP contribution in [0.4, 0.5) is 0 Å². The average Bonchev–Trinajstić information content (AvgIpc) is 2.66. The smallest absolute Gasteiger partial charge is 0.00698 e. The standard InChI is InChI=1S/C14H21N/c1-12-7-8-14(11-12)15-10-9-13-5-3-2-4-6-13/h2-6,12,14-15H,7-11H2,1H3. The van der Waals surface area contributed by atoms with E-state index in [9.17, 15) is 0 Å². The van der Waals surface area contributed by atoms with Crippen molar-refractivity contribution >= 4 is 0 Å². The molecule has 0 aromatic heterocycles. The van der Waals surface area contributed by atoms with Gasteiger partial charge in [-0.1, -0.05) is 37.3 Å². The molecular weight excluding hydrogens is 182 g/mol. The van der Waals surface area contributed by atoms with E-state index >= 15 is 0 Å². The minimum atomic E-state index is 0.781. The first-order chi connectivity index (χ1) is 7.34. The molecule has 15 heavy (non-hydrogen) atoms. The molecule has 1 heteroatoms. The molecule has 82 valence electrons. The van der Waals surface area contributed by atoms with Crippen molar-refractivity contribution in [3.63, 3.8) is 0 Å². The largest absolute Gasteiger partial charge is 0.314 e. The fourth-order valence-corrected chi connectivity index (χ4v) is 2.46. The summed E-state index contributed by atoms with van der Waals surface area (Å²) in [6, 6.07) is 11.5. The summed E-state index contributed by atoms with van der Waals surface area (Å²) in [6.07, 6.45) is 5.31. The molecule has 2 rings (SSSR count). The Balaban J connectivity index is 1.67. The van der Waals surface area contributed by atoms with E-state index in [0.717, 1.165) is 24.9 Å². The van der Waals surface area contributed by atoms with Crippen molar-refractivity contribution < 1.29 is 0 Å². The normalized spacial score (nSPS) is 25.7. The maximum atomic E-state index is 3.66. The van der Waals surface area contributed by atoms with Gasteiger partial charge in [0, 0.05) is 6.04 Å². The van der Waals surface area contributed by atoms with Crippen molar-refractivity contribution in [3.05, 3.63) is 35.9 Å². The van der Waals surface area contributed by atoms with Gasteiger partial charge in [0.05, 0.1) is 0 Å². The van der Waals surface area contributed by atoms with Crippen LogP contribution in [-0.2, 0) is 6.42 Å². The summed E-state index contributed by atoms with van der Waals surface area (Å²) in [6.45, 7) is 3.49. The van der Waals surface area contributed by atoms with Gasteiger partial charge in [-0.15, -0.1) is 0 Å². The molecule has 1 aromatic carbocycles. The fourth-order valence-electron chi connectivity index (χ4n) is 2.46. The van der Waals surface area contributed by atoms with Crippen molar-refractivity contribution in [2.45, 2.75) is 38.6 Å². The van der Waals surface area contributed by atoms with E-state index in [2.05, 4.69) is 42.6 Å². The minimum Gasteiger partial charge on any atom is -0.314 e. The molecule has 0 aliphatic heterocycles. The van der Waals surface area contributed by atoms with Crippen LogP contribution in [0.3, 0.4) is 0 Å². The van der Waals surface area contributed by atoms with Crippen LogP contribution in [0.5, 0.6) is 0 Å². The molecule has 1 aliphatic rings. The quantitative estimate of drug-likeness (QED) is 0.793. The summed E-state index contributed by atoms with van der Waals surface area (Å²) >= 11 is 0. The predicted molar refractivity (Wildman–Crippen MR) is 65.0 cm³/mol. The van der Waals surface area contributed by atoms with E-state index in [1.807, 2.05) is 0 Å². The molecule has 1 aliphatic carbocycles. The summed E-state index contributed by atoms with van der Waals surface area (Å²) in [5.74, 6) is 0.930. The second-order valence-electron chi connectivity index (χ2n) is 4.80. The van der Waals surface area contributed by atoms with Crippen LogP contribution in [-0.4, -0.2) is 12.6 Å². The van der Waals surface area contributed by atoms with E-state index in [4.69, 9.17) is 0 Å². The van der Waals surface area contributed by atoms with Crippen LogP contribution in [0.15, 0.2) is 30.3 Å². The maximum Gasteiger partial charge on any atom is 0.00698 e. The third kappa shape index (κ3) is 3.35. The molecule has 1 N–H and O–H groups in total. The van der Waals surface area contributed by atoms with Gasteiger partial charge >= 0.3 is 0 Å². The van der Waals surface area contributed by atoms with Gasteiger partial charge in [-0.2, -0.15) is 0 Å². The highest BCUT2D eigenvalue weighted by Crippen LogP contribution is 2.24. The summed E-state index contributed by atoms with van der Waals surface area (Å²) in [7, 11) is 0. The zero-order valence-corrected chi connectivity index (χ0v) is 9.58. The third-order valence-electron chi connectivity index (χ3n) is 3.38. The molecule has 2 unspecified atom stereocenters. The third-order valence-corrected chi connectivity index (χ3v) is 3.38. The van der Waals surface area contributed by atoms with Crippen molar-refractivity contribution in [2.75, 3.05) is 6.54 Å². The summed E-state index contributed by atoms with van der Waals surface area (Å²) in [5, 5.41) is 3.66. The molecule has 1 saturated carbocycles. The molecule has 0 radical (unpaired) electrons. The van der Waals surface area contributed by atoms with Gasteiger partial charge in [-0.05, 0) is 43.7 Å². The Kier molecular flexibility index (Phi) is 3.79. The fraction of sp³-hybridized carbons (Fsp3) is 0.571. The molecule has 1 nitrogen and oxygen atoms in total. The number of rotatable bonds is 4. The topological polar surface area (TPSA) is 12.0 Å². The van der Waals surface area contributed by atoms with Crippen molar-refractivity contribution in [3.8, 4) is 0 Å². The van der Waals surface area contributed by atoms with Crippen molar-refractivity contribution in [1.29, 1.82) is 0 Å². The number of hydrogen-bond donors (Lipinski definition) is 1. The lowest BCUT2D eigenvalue weighted by Crippen LogP contribution is -2.28. The van der Waals surface area contributed by atoms with Crippen LogP contribution >= 0.6 is 0 Å². The lowest BCUT2D eigenvalue weighted by Gasteiger charge is -2.11. The zero-order chi connectivity index (χ0) is 10.5. The summed E-state index contributed by atoms with van der Waals surface area (Å²) in [4.78, 5) is 0. The highest BCUT2D eigenvalue weighted by Gasteiger charge is 2.19. The maximum absolute atomic E-state index is 3.66. The Hall–Kier alpha value is -0.820. The van der Waals surface area contributed by atoms with E-state index < -0.39 is 0 Å². The van der Waals surface area contributed by atoms with Gasteiger partial charge in [0.1, 0.15) is 0 Å². The number of nitrogens with one attached hydrogen (secondary N) is 1. The summed E-state index contributed by atoms with van der Waals surface area (Å²) < 4.78 is 0. The predicted octanol–water partition coefficient (Wildman–Crippen LogP) is 3.01. The van der Waals surface area contributed by atoms with Gasteiger partial charge in [-0.25, -0.2) is 0 Å². The Morgan fingerprint density at radius 3 is 2.67 bits per heavy atom. The van der Waals surface area contributed by atoms with E-state index in [1.54, 1.807) is 0 Å². The molecule has 0 spiro atoms. The summed E-state index contributed by atoms with van der Waals surface area (Å²) in [5.41, 5.74) is 1.44. The van der Waals surface area contributed by atoms with Gasteiger partial charge in [-0.3, -0.25) is 0 Å². The van der Waals surface area contributed by atoms with Crippen molar-refractivity contribution in [1.82, 2.24) is 5.32 Å². The monoisotopic (exact) mass is 203 g/mol. The first kappa shape index (κ1) is 10.7. The Morgan fingerprint density at radius 2 is 2.00 bits per heavy atom. The van der Waals surface area contributed by atoms with Crippen LogP contribution in [0.25, 0.3) is 0 Å². The van der Waals surface area contributed by atoms with Gasteiger partial charge < -0.3 is 5.32 Å². The molecule has 0 amide bonds. The first-order valence-corrected chi connectivity index (χ1v) is 6.12.